The van der Waals surface area contributed by atoms with Gasteiger partial charge in [-0.1, -0.05) is 0 Å². The standard InChI is InChI=1S/C9H13N5/c1-7-9(6-13(2)11-7)14-4-3-8(5-10)12-14/h3-4,6H,5,10H2,1-2H3. The zero-order valence-corrected chi connectivity index (χ0v) is 8.31. The average molecular weight is 191 g/mol. The van der Waals surface area contributed by atoms with E-state index in [2.05, 4.69) is 10.2 Å². The van der Waals surface area contributed by atoms with E-state index in [1.165, 1.54) is 0 Å². The van der Waals surface area contributed by atoms with Crippen molar-refractivity contribution in [2.75, 3.05) is 0 Å². The molecule has 0 aliphatic rings. The van der Waals surface area contributed by atoms with E-state index < -0.39 is 0 Å². The van der Waals surface area contributed by atoms with Crippen LogP contribution in [0.4, 0.5) is 0 Å². The minimum atomic E-state index is 0.465. The first kappa shape index (κ1) is 8.96. The third-order valence-corrected chi connectivity index (χ3v) is 2.09. The van der Waals surface area contributed by atoms with E-state index in [9.17, 15) is 0 Å². The largest absolute Gasteiger partial charge is 0.325 e. The van der Waals surface area contributed by atoms with Crippen molar-refractivity contribution in [1.29, 1.82) is 0 Å². The molecule has 0 amide bonds. The second-order valence-corrected chi connectivity index (χ2v) is 3.23. The monoisotopic (exact) mass is 191 g/mol. The molecular formula is C9H13N5. The van der Waals surface area contributed by atoms with E-state index in [0.717, 1.165) is 17.1 Å². The van der Waals surface area contributed by atoms with Crippen molar-refractivity contribution in [1.82, 2.24) is 19.6 Å². The van der Waals surface area contributed by atoms with Crippen LogP contribution in [0.1, 0.15) is 11.4 Å². The van der Waals surface area contributed by atoms with Crippen LogP contribution < -0.4 is 5.73 Å². The molecule has 0 saturated heterocycles. The van der Waals surface area contributed by atoms with Crippen molar-refractivity contribution in [2.24, 2.45) is 12.8 Å². The summed E-state index contributed by atoms with van der Waals surface area (Å²) in [6.45, 7) is 2.42. The Bertz CT molecular complexity index is 440. The third kappa shape index (κ3) is 1.42. The second-order valence-electron chi connectivity index (χ2n) is 3.23. The highest BCUT2D eigenvalue weighted by molar-refractivity contribution is 5.32. The van der Waals surface area contributed by atoms with Gasteiger partial charge in [0, 0.05) is 19.8 Å². The maximum atomic E-state index is 5.49. The van der Waals surface area contributed by atoms with Gasteiger partial charge in [0.1, 0.15) is 5.69 Å². The van der Waals surface area contributed by atoms with Crippen LogP contribution in [-0.4, -0.2) is 19.6 Å². The first-order valence-corrected chi connectivity index (χ1v) is 4.46. The normalized spacial score (nSPS) is 10.8. The molecule has 0 fully saturated rings. The molecule has 14 heavy (non-hydrogen) atoms. The summed E-state index contributed by atoms with van der Waals surface area (Å²) in [6.07, 6.45) is 3.83. The molecule has 0 unspecified atom stereocenters. The lowest BCUT2D eigenvalue weighted by molar-refractivity contribution is 0.756. The fraction of sp³-hybridized carbons (Fsp3) is 0.333. The molecule has 2 N–H and O–H groups in total. The summed E-state index contributed by atoms with van der Waals surface area (Å²) in [5, 5.41) is 8.56. The number of hydrogen-bond acceptors (Lipinski definition) is 3. The fourth-order valence-electron chi connectivity index (χ4n) is 1.42. The summed E-state index contributed by atoms with van der Waals surface area (Å²) in [6, 6.07) is 1.91. The Kier molecular flexibility index (Phi) is 2.09. The first-order valence-electron chi connectivity index (χ1n) is 4.46. The zero-order valence-electron chi connectivity index (χ0n) is 8.31. The summed E-state index contributed by atoms with van der Waals surface area (Å²) in [7, 11) is 1.89. The second kappa shape index (κ2) is 3.26. The highest BCUT2D eigenvalue weighted by atomic mass is 15.3. The average Bonchev–Trinajstić information content (AvgIpc) is 2.71. The van der Waals surface area contributed by atoms with E-state index in [1.807, 2.05) is 32.4 Å². The molecule has 0 aliphatic carbocycles. The van der Waals surface area contributed by atoms with Crippen LogP contribution in [-0.2, 0) is 13.6 Å². The van der Waals surface area contributed by atoms with Crippen LogP contribution >= 0.6 is 0 Å². The van der Waals surface area contributed by atoms with Crippen LogP contribution in [0.15, 0.2) is 18.5 Å². The Morgan fingerprint density at radius 2 is 2.21 bits per heavy atom. The van der Waals surface area contributed by atoms with Crippen LogP contribution in [0.2, 0.25) is 0 Å². The van der Waals surface area contributed by atoms with Crippen LogP contribution in [0.25, 0.3) is 5.69 Å². The molecule has 2 aromatic rings. The Hall–Kier alpha value is -1.62. The summed E-state index contributed by atoms with van der Waals surface area (Å²) in [5.74, 6) is 0. The number of rotatable bonds is 2. The van der Waals surface area contributed by atoms with Crippen molar-refractivity contribution >= 4 is 0 Å². The van der Waals surface area contributed by atoms with Gasteiger partial charge in [0.25, 0.3) is 0 Å². The van der Waals surface area contributed by atoms with Crippen LogP contribution in [0, 0.1) is 6.92 Å². The molecule has 0 bridgehead atoms. The van der Waals surface area contributed by atoms with Gasteiger partial charge in [0.2, 0.25) is 0 Å². The number of hydrogen-bond donors (Lipinski definition) is 1. The van der Waals surface area contributed by atoms with Gasteiger partial charge in [-0.15, -0.1) is 0 Å². The van der Waals surface area contributed by atoms with Crippen molar-refractivity contribution in [3.05, 3.63) is 29.8 Å². The van der Waals surface area contributed by atoms with Gasteiger partial charge in [-0.2, -0.15) is 10.2 Å². The first-order chi connectivity index (χ1) is 6.70. The predicted octanol–water partition coefficient (Wildman–Crippen LogP) is 0.373. The Labute approximate surface area is 82.1 Å². The fourth-order valence-corrected chi connectivity index (χ4v) is 1.42. The molecular weight excluding hydrogens is 178 g/mol. The van der Waals surface area contributed by atoms with Crippen molar-refractivity contribution < 1.29 is 0 Å². The molecule has 0 radical (unpaired) electrons. The van der Waals surface area contributed by atoms with Gasteiger partial charge in [0.05, 0.1) is 17.6 Å². The van der Waals surface area contributed by atoms with Gasteiger partial charge in [-0.05, 0) is 13.0 Å². The topological polar surface area (TPSA) is 61.7 Å². The Morgan fingerprint density at radius 1 is 1.43 bits per heavy atom. The maximum absolute atomic E-state index is 5.49. The number of aromatic nitrogens is 4. The zero-order chi connectivity index (χ0) is 10.1. The van der Waals surface area contributed by atoms with Gasteiger partial charge in [-0.25, -0.2) is 4.68 Å². The molecule has 0 spiro atoms. The molecule has 0 saturated carbocycles. The Morgan fingerprint density at radius 3 is 2.71 bits per heavy atom. The van der Waals surface area contributed by atoms with E-state index >= 15 is 0 Å². The summed E-state index contributed by atoms with van der Waals surface area (Å²) in [5.41, 5.74) is 8.32. The Balaban J connectivity index is 2.43. The lowest BCUT2D eigenvalue weighted by Gasteiger charge is -1.96. The van der Waals surface area contributed by atoms with Crippen LogP contribution in [0.5, 0.6) is 0 Å². The quantitative estimate of drug-likeness (QED) is 0.746. The number of nitrogens with zero attached hydrogens (tertiary/aromatic N) is 4. The van der Waals surface area contributed by atoms with E-state index in [0.29, 0.717) is 6.54 Å². The lowest BCUT2D eigenvalue weighted by Crippen LogP contribution is -2.00. The molecule has 5 heteroatoms. The molecule has 2 aromatic heterocycles. The number of nitrogens with two attached hydrogens (primary N) is 1. The maximum Gasteiger partial charge on any atom is 0.105 e. The van der Waals surface area contributed by atoms with Gasteiger partial charge in [-0.3, -0.25) is 4.68 Å². The summed E-state index contributed by atoms with van der Waals surface area (Å²) in [4.78, 5) is 0. The van der Waals surface area contributed by atoms with Crippen LogP contribution in [0.3, 0.4) is 0 Å². The summed E-state index contributed by atoms with van der Waals surface area (Å²) < 4.78 is 3.57. The van der Waals surface area contributed by atoms with Gasteiger partial charge in [0.15, 0.2) is 0 Å². The SMILES string of the molecule is Cc1nn(C)cc1-n1ccc(CN)n1. The van der Waals surface area contributed by atoms with E-state index in [-0.39, 0.29) is 0 Å². The molecule has 2 rings (SSSR count). The minimum Gasteiger partial charge on any atom is -0.325 e. The molecule has 74 valence electrons. The summed E-state index contributed by atoms with van der Waals surface area (Å²) >= 11 is 0. The van der Waals surface area contributed by atoms with E-state index in [1.54, 1.807) is 9.36 Å². The highest BCUT2D eigenvalue weighted by Crippen LogP contribution is 2.10. The van der Waals surface area contributed by atoms with Crippen molar-refractivity contribution in [3.8, 4) is 5.69 Å². The molecule has 0 atom stereocenters. The predicted molar refractivity (Wildman–Crippen MR) is 53.0 cm³/mol. The highest BCUT2D eigenvalue weighted by Gasteiger charge is 2.06. The molecule has 2 heterocycles. The molecule has 5 nitrogen and oxygen atoms in total. The van der Waals surface area contributed by atoms with Crippen molar-refractivity contribution in [3.63, 3.8) is 0 Å². The minimum absolute atomic E-state index is 0.465. The van der Waals surface area contributed by atoms with Crippen molar-refractivity contribution in [2.45, 2.75) is 13.5 Å². The molecule has 0 aliphatic heterocycles. The lowest BCUT2D eigenvalue weighted by atomic mass is 10.4. The smallest absolute Gasteiger partial charge is 0.105 e. The third-order valence-electron chi connectivity index (χ3n) is 2.09. The number of aryl methyl sites for hydroxylation is 2. The van der Waals surface area contributed by atoms with Gasteiger partial charge >= 0.3 is 0 Å². The molecule has 0 aromatic carbocycles. The van der Waals surface area contributed by atoms with E-state index in [4.69, 9.17) is 5.73 Å². The van der Waals surface area contributed by atoms with Gasteiger partial charge < -0.3 is 5.73 Å².